The van der Waals surface area contributed by atoms with E-state index < -0.39 is 17.2 Å². The molecule has 1 heterocycles. The SMILES string of the molecule is CC(C)(CCl)C(=O)N(CC(=O)N(CCc1c[nH]c2ccccc12)Cc1ccc(C(F)(F)F)cc1)C1CC1. The van der Waals surface area contributed by atoms with Crippen molar-refractivity contribution in [3.05, 3.63) is 71.4 Å². The van der Waals surface area contributed by atoms with Crippen molar-refractivity contribution in [1.29, 1.82) is 0 Å². The second kappa shape index (κ2) is 10.8. The first-order valence-electron chi connectivity index (χ1n) is 12.4. The molecule has 5 nitrogen and oxygen atoms in total. The lowest BCUT2D eigenvalue weighted by Crippen LogP contribution is -2.49. The van der Waals surface area contributed by atoms with Crippen LogP contribution in [0.4, 0.5) is 13.2 Å². The lowest BCUT2D eigenvalue weighted by Gasteiger charge is -2.32. The van der Waals surface area contributed by atoms with E-state index in [0.29, 0.717) is 18.5 Å². The minimum atomic E-state index is -4.43. The zero-order chi connectivity index (χ0) is 26.8. The van der Waals surface area contributed by atoms with E-state index in [1.54, 1.807) is 23.6 Å². The molecular formula is C28H31ClF3N3O2. The van der Waals surface area contributed by atoms with E-state index >= 15 is 0 Å². The Morgan fingerprint density at radius 2 is 1.73 bits per heavy atom. The first-order valence-corrected chi connectivity index (χ1v) is 12.9. The van der Waals surface area contributed by atoms with Gasteiger partial charge in [0.2, 0.25) is 11.8 Å². The standard InChI is InChI=1S/C28H31ClF3N3O2/c1-27(2,18-29)26(37)35(22-11-12-22)17-25(36)34(16-19-7-9-21(10-8-19)28(30,31)32)14-13-20-15-33-24-6-4-3-5-23(20)24/h3-10,15,22,33H,11-14,16-18H2,1-2H3. The van der Waals surface area contributed by atoms with Gasteiger partial charge in [-0.15, -0.1) is 11.6 Å². The van der Waals surface area contributed by atoms with Crippen LogP contribution in [0.3, 0.4) is 0 Å². The van der Waals surface area contributed by atoms with Crippen LogP contribution in [0, 0.1) is 5.41 Å². The second-order valence-corrected chi connectivity index (χ2v) is 10.6. The lowest BCUT2D eigenvalue weighted by atomic mass is 9.94. The van der Waals surface area contributed by atoms with Gasteiger partial charge in [0.05, 0.1) is 11.0 Å². The Morgan fingerprint density at radius 1 is 1.05 bits per heavy atom. The summed E-state index contributed by atoms with van der Waals surface area (Å²) in [5.41, 5.74) is 1.09. The molecule has 37 heavy (non-hydrogen) atoms. The van der Waals surface area contributed by atoms with Gasteiger partial charge in [-0.1, -0.05) is 30.3 Å². The van der Waals surface area contributed by atoms with Crippen LogP contribution in [-0.4, -0.2) is 51.6 Å². The molecule has 1 fully saturated rings. The largest absolute Gasteiger partial charge is 0.416 e. The van der Waals surface area contributed by atoms with Crippen LogP contribution in [0.25, 0.3) is 10.9 Å². The van der Waals surface area contributed by atoms with Gasteiger partial charge >= 0.3 is 6.18 Å². The van der Waals surface area contributed by atoms with Crippen LogP contribution in [0.2, 0.25) is 0 Å². The smallest absolute Gasteiger partial charge is 0.361 e. The molecule has 3 aromatic rings. The van der Waals surface area contributed by atoms with E-state index in [4.69, 9.17) is 11.6 Å². The van der Waals surface area contributed by atoms with Crippen LogP contribution >= 0.6 is 11.6 Å². The molecule has 0 aliphatic heterocycles. The predicted octanol–water partition coefficient (Wildman–Crippen LogP) is 6.01. The predicted molar refractivity (Wildman–Crippen MR) is 138 cm³/mol. The Hall–Kier alpha value is -3.00. The number of para-hydroxylation sites is 1. The zero-order valence-electron chi connectivity index (χ0n) is 20.9. The van der Waals surface area contributed by atoms with Gasteiger partial charge in [-0.25, -0.2) is 0 Å². The molecule has 0 bridgehead atoms. The van der Waals surface area contributed by atoms with E-state index in [0.717, 1.165) is 41.4 Å². The van der Waals surface area contributed by atoms with Gasteiger partial charge in [0.1, 0.15) is 6.54 Å². The number of nitrogens with one attached hydrogen (secondary N) is 1. The van der Waals surface area contributed by atoms with Crippen molar-refractivity contribution in [3.63, 3.8) is 0 Å². The number of fused-ring (bicyclic) bond motifs is 1. The molecule has 1 aliphatic rings. The summed E-state index contributed by atoms with van der Waals surface area (Å²) in [4.78, 5) is 33.2. The number of benzene rings is 2. The molecule has 4 rings (SSSR count). The van der Waals surface area contributed by atoms with Crippen molar-refractivity contribution in [3.8, 4) is 0 Å². The van der Waals surface area contributed by atoms with Crippen molar-refractivity contribution in [2.45, 2.75) is 51.9 Å². The highest BCUT2D eigenvalue weighted by atomic mass is 35.5. The molecule has 0 unspecified atom stereocenters. The minimum Gasteiger partial charge on any atom is -0.361 e. The van der Waals surface area contributed by atoms with E-state index in [1.165, 1.54) is 12.1 Å². The highest BCUT2D eigenvalue weighted by Gasteiger charge is 2.40. The third-order valence-corrected chi connectivity index (χ3v) is 7.47. The Morgan fingerprint density at radius 3 is 2.35 bits per heavy atom. The van der Waals surface area contributed by atoms with Crippen molar-refractivity contribution in [2.24, 2.45) is 5.41 Å². The number of rotatable bonds is 10. The zero-order valence-corrected chi connectivity index (χ0v) is 21.7. The Labute approximate surface area is 219 Å². The molecule has 2 aromatic carbocycles. The quantitative estimate of drug-likeness (QED) is 0.324. The number of amides is 2. The molecule has 1 aliphatic carbocycles. The third-order valence-electron chi connectivity index (χ3n) is 6.80. The highest BCUT2D eigenvalue weighted by Crippen LogP contribution is 2.32. The summed E-state index contributed by atoms with van der Waals surface area (Å²) in [6.07, 6.45) is -0.281. The number of carbonyl (C=O) groups is 2. The molecule has 9 heteroatoms. The number of alkyl halides is 4. The lowest BCUT2D eigenvalue weighted by molar-refractivity contribution is -0.146. The Balaban J connectivity index is 1.54. The van der Waals surface area contributed by atoms with Crippen LogP contribution in [0.5, 0.6) is 0 Å². The van der Waals surface area contributed by atoms with E-state index in [-0.39, 0.29) is 36.8 Å². The van der Waals surface area contributed by atoms with Gasteiger partial charge < -0.3 is 14.8 Å². The van der Waals surface area contributed by atoms with E-state index in [9.17, 15) is 22.8 Å². The molecule has 1 saturated carbocycles. The van der Waals surface area contributed by atoms with Crippen LogP contribution in [0.1, 0.15) is 43.4 Å². The summed E-state index contributed by atoms with van der Waals surface area (Å²) in [5, 5.41) is 1.06. The summed E-state index contributed by atoms with van der Waals surface area (Å²) in [6.45, 7) is 3.94. The molecule has 0 saturated heterocycles. The van der Waals surface area contributed by atoms with E-state index in [2.05, 4.69) is 4.98 Å². The number of carbonyl (C=O) groups excluding carboxylic acids is 2. The summed E-state index contributed by atoms with van der Waals surface area (Å²) in [5.74, 6) is -0.270. The van der Waals surface area contributed by atoms with Gasteiger partial charge in [-0.05, 0) is 62.4 Å². The topological polar surface area (TPSA) is 56.4 Å². The second-order valence-electron chi connectivity index (χ2n) is 10.3. The van der Waals surface area contributed by atoms with Gasteiger partial charge in [0.15, 0.2) is 0 Å². The number of aromatic amines is 1. The summed E-state index contributed by atoms with van der Waals surface area (Å²) in [6, 6.07) is 12.7. The first-order chi connectivity index (χ1) is 17.5. The number of H-pyrrole nitrogens is 1. The fourth-order valence-electron chi connectivity index (χ4n) is 4.35. The van der Waals surface area contributed by atoms with E-state index in [1.807, 2.05) is 30.5 Å². The molecular weight excluding hydrogens is 503 g/mol. The number of nitrogens with zero attached hydrogens (tertiary/aromatic N) is 2. The number of hydrogen-bond donors (Lipinski definition) is 1. The highest BCUT2D eigenvalue weighted by molar-refractivity contribution is 6.19. The average molecular weight is 534 g/mol. The number of halogens is 4. The molecule has 1 N–H and O–H groups in total. The average Bonchev–Trinajstić information content (AvgIpc) is 3.63. The molecule has 198 valence electrons. The third kappa shape index (κ3) is 6.47. The summed E-state index contributed by atoms with van der Waals surface area (Å²) >= 11 is 6.04. The monoisotopic (exact) mass is 533 g/mol. The fourth-order valence-corrected chi connectivity index (χ4v) is 4.46. The van der Waals surface area contributed by atoms with Crippen molar-refractivity contribution in [1.82, 2.24) is 14.8 Å². The maximum atomic E-state index is 13.6. The maximum Gasteiger partial charge on any atom is 0.416 e. The van der Waals surface area contributed by atoms with Crippen LogP contribution in [-0.2, 0) is 28.7 Å². The van der Waals surface area contributed by atoms with Gasteiger partial charge in [0, 0.05) is 42.1 Å². The normalized spacial score (nSPS) is 14.1. The van der Waals surface area contributed by atoms with Crippen molar-refractivity contribution >= 4 is 34.3 Å². The summed E-state index contributed by atoms with van der Waals surface area (Å²) < 4.78 is 39.1. The minimum absolute atomic E-state index is 0.0143. The molecule has 0 radical (unpaired) electrons. The van der Waals surface area contributed by atoms with Gasteiger partial charge in [0.25, 0.3) is 0 Å². The van der Waals surface area contributed by atoms with Crippen LogP contribution in [0.15, 0.2) is 54.7 Å². The fraction of sp³-hybridized carbons (Fsp3) is 0.429. The van der Waals surface area contributed by atoms with Gasteiger partial charge in [-0.3, -0.25) is 9.59 Å². The van der Waals surface area contributed by atoms with Crippen LogP contribution < -0.4 is 0 Å². The van der Waals surface area contributed by atoms with Crippen molar-refractivity contribution < 1.29 is 22.8 Å². The Kier molecular flexibility index (Phi) is 7.88. The number of hydrogen-bond acceptors (Lipinski definition) is 2. The molecule has 2 amide bonds. The molecule has 0 atom stereocenters. The Bertz CT molecular complexity index is 1250. The maximum absolute atomic E-state index is 13.6. The van der Waals surface area contributed by atoms with Gasteiger partial charge in [-0.2, -0.15) is 13.2 Å². The number of aromatic nitrogens is 1. The first kappa shape index (κ1) is 27.0. The molecule has 0 spiro atoms. The molecule has 1 aromatic heterocycles. The summed E-state index contributed by atoms with van der Waals surface area (Å²) in [7, 11) is 0. The van der Waals surface area contributed by atoms with Crippen molar-refractivity contribution in [2.75, 3.05) is 19.0 Å².